The van der Waals surface area contributed by atoms with Crippen LogP contribution in [0.3, 0.4) is 0 Å². The Morgan fingerprint density at radius 1 is 1.43 bits per heavy atom. The van der Waals surface area contributed by atoms with Crippen molar-refractivity contribution in [3.8, 4) is 6.07 Å². The monoisotopic (exact) mass is 185 g/mol. The number of aromatic nitrogens is 2. The van der Waals surface area contributed by atoms with E-state index >= 15 is 0 Å². The number of nitrogens with zero attached hydrogens (tertiary/aromatic N) is 3. The molecule has 0 atom stereocenters. The summed E-state index contributed by atoms with van der Waals surface area (Å²) in [5.41, 5.74) is 2.69. The van der Waals surface area contributed by atoms with Crippen molar-refractivity contribution >= 4 is 5.65 Å². The molecular weight excluding hydrogens is 174 g/mol. The fraction of sp³-hybridized carbons (Fsp3) is 0.273. The quantitative estimate of drug-likeness (QED) is 0.684. The molecule has 0 fully saturated rings. The van der Waals surface area contributed by atoms with Crippen molar-refractivity contribution < 1.29 is 0 Å². The lowest BCUT2D eigenvalue weighted by Crippen LogP contribution is -1.97. The topological polar surface area (TPSA) is 41.1 Å². The zero-order valence-electron chi connectivity index (χ0n) is 8.23. The molecule has 3 heteroatoms. The van der Waals surface area contributed by atoms with Gasteiger partial charge in [-0.2, -0.15) is 5.26 Å². The standard InChI is InChI=1S/C11H11N3/c1-8(2)10-4-3-9(7-12)14-6-5-13-11(10)14/h3-6,8H,1-2H3. The normalized spacial score (nSPS) is 10.7. The van der Waals surface area contributed by atoms with Crippen molar-refractivity contribution in [2.45, 2.75) is 19.8 Å². The third-order valence-electron chi connectivity index (χ3n) is 2.32. The van der Waals surface area contributed by atoms with E-state index in [1.807, 2.05) is 22.7 Å². The fourth-order valence-electron chi connectivity index (χ4n) is 1.58. The van der Waals surface area contributed by atoms with E-state index in [0.717, 1.165) is 5.65 Å². The minimum absolute atomic E-state index is 0.424. The first-order valence-corrected chi connectivity index (χ1v) is 4.60. The van der Waals surface area contributed by atoms with Gasteiger partial charge in [0.15, 0.2) is 0 Å². The summed E-state index contributed by atoms with van der Waals surface area (Å²) in [5.74, 6) is 0.424. The van der Waals surface area contributed by atoms with Crippen molar-refractivity contribution in [2.24, 2.45) is 0 Å². The van der Waals surface area contributed by atoms with Gasteiger partial charge in [0.2, 0.25) is 0 Å². The molecule has 2 aromatic heterocycles. The summed E-state index contributed by atoms with van der Waals surface area (Å²) in [6.45, 7) is 4.24. The maximum Gasteiger partial charge on any atom is 0.141 e. The molecule has 3 nitrogen and oxygen atoms in total. The highest BCUT2D eigenvalue weighted by Gasteiger charge is 2.08. The van der Waals surface area contributed by atoms with Crippen LogP contribution in [-0.4, -0.2) is 9.38 Å². The van der Waals surface area contributed by atoms with E-state index in [0.29, 0.717) is 11.6 Å². The van der Waals surface area contributed by atoms with Crippen LogP contribution in [-0.2, 0) is 0 Å². The van der Waals surface area contributed by atoms with Crippen LogP contribution >= 0.6 is 0 Å². The number of pyridine rings is 1. The molecule has 0 aliphatic rings. The van der Waals surface area contributed by atoms with Crippen molar-refractivity contribution in [3.05, 3.63) is 35.8 Å². The Kier molecular flexibility index (Phi) is 1.97. The van der Waals surface area contributed by atoms with Crippen LogP contribution < -0.4 is 0 Å². The third kappa shape index (κ3) is 1.16. The summed E-state index contributed by atoms with van der Waals surface area (Å²) in [7, 11) is 0. The van der Waals surface area contributed by atoms with Crippen LogP contribution in [0.2, 0.25) is 0 Å². The zero-order chi connectivity index (χ0) is 10.1. The third-order valence-corrected chi connectivity index (χ3v) is 2.32. The Hall–Kier alpha value is -1.82. The molecule has 0 aliphatic carbocycles. The van der Waals surface area contributed by atoms with E-state index in [-0.39, 0.29) is 0 Å². The summed E-state index contributed by atoms with van der Waals surface area (Å²) >= 11 is 0. The van der Waals surface area contributed by atoms with Gasteiger partial charge < -0.3 is 0 Å². The zero-order valence-corrected chi connectivity index (χ0v) is 8.23. The highest BCUT2D eigenvalue weighted by molar-refractivity contribution is 5.52. The lowest BCUT2D eigenvalue weighted by atomic mass is 10.0. The van der Waals surface area contributed by atoms with Crippen molar-refractivity contribution in [1.29, 1.82) is 5.26 Å². The number of fused-ring (bicyclic) bond motifs is 1. The van der Waals surface area contributed by atoms with Crippen LogP contribution in [0.5, 0.6) is 0 Å². The predicted molar refractivity (Wildman–Crippen MR) is 54.0 cm³/mol. The predicted octanol–water partition coefficient (Wildman–Crippen LogP) is 2.33. The molecule has 14 heavy (non-hydrogen) atoms. The Morgan fingerprint density at radius 3 is 2.86 bits per heavy atom. The first kappa shape index (κ1) is 8.76. The molecule has 0 N–H and O–H groups in total. The van der Waals surface area contributed by atoms with Crippen molar-refractivity contribution in [1.82, 2.24) is 9.38 Å². The number of rotatable bonds is 1. The van der Waals surface area contributed by atoms with Gasteiger partial charge in [-0.05, 0) is 17.5 Å². The molecular formula is C11H11N3. The maximum absolute atomic E-state index is 8.88. The molecule has 70 valence electrons. The van der Waals surface area contributed by atoms with Gasteiger partial charge in [0, 0.05) is 12.4 Å². The van der Waals surface area contributed by atoms with Crippen LogP contribution in [0.4, 0.5) is 0 Å². The highest BCUT2D eigenvalue weighted by Crippen LogP contribution is 2.20. The number of imidazole rings is 1. The summed E-state index contributed by atoms with van der Waals surface area (Å²) in [4.78, 5) is 4.26. The van der Waals surface area contributed by atoms with Crippen molar-refractivity contribution in [3.63, 3.8) is 0 Å². The molecule has 0 aromatic carbocycles. The second kappa shape index (κ2) is 3.15. The molecule has 0 bridgehead atoms. The van der Waals surface area contributed by atoms with Gasteiger partial charge in [-0.15, -0.1) is 0 Å². The minimum atomic E-state index is 0.424. The number of hydrogen-bond donors (Lipinski definition) is 0. The average Bonchev–Trinajstić information content (AvgIpc) is 2.64. The molecule has 2 rings (SSSR count). The lowest BCUT2D eigenvalue weighted by molar-refractivity contribution is 0.861. The molecule has 0 amide bonds. The number of nitriles is 1. The molecule has 2 heterocycles. The molecule has 0 saturated carbocycles. The largest absolute Gasteiger partial charge is 0.291 e. The molecule has 0 aliphatic heterocycles. The Balaban J connectivity index is 2.80. The van der Waals surface area contributed by atoms with Gasteiger partial charge in [-0.3, -0.25) is 4.40 Å². The second-order valence-electron chi connectivity index (χ2n) is 3.56. The van der Waals surface area contributed by atoms with Gasteiger partial charge in [0.05, 0.1) is 0 Å². The second-order valence-corrected chi connectivity index (χ2v) is 3.56. The van der Waals surface area contributed by atoms with Crippen LogP contribution in [0, 0.1) is 11.3 Å². The minimum Gasteiger partial charge on any atom is -0.291 e. The van der Waals surface area contributed by atoms with Gasteiger partial charge in [0.1, 0.15) is 17.4 Å². The molecule has 0 radical (unpaired) electrons. The van der Waals surface area contributed by atoms with Crippen molar-refractivity contribution in [2.75, 3.05) is 0 Å². The fourth-order valence-corrected chi connectivity index (χ4v) is 1.58. The summed E-state index contributed by atoms with van der Waals surface area (Å²) < 4.78 is 1.83. The molecule has 0 saturated heterocycles. The van der Waals surface area contributed by atoms with Gasteiger partial charge in [-0.25, -0.2) is 4.98 Å². The summed E-state index contributed by atoms with van der Waals surface area (Å²) in [6, 6.07) is 5.96. The molecule has 0 unspecified atom stereocenters. The smallest absolute Gasteiger partial charge is 0.141 e. The molecule has 2 aromatic rings. The van der Waals surface area contributed by atoms with E-state index in [1.54, 1.807) is 6.20 Å². The first-order chi connectivity index (χ1) is 6.74. The summed E-state index contributed by atoms with van der Waals surface area (Å²) in [5, 5.41) is 8.88. The van der Waals surface area contributed by atoms with Gasteiger partial charge >= 0.3 is 0 Å². The van der Waals surface area contributed by atoms with Crippen LogP contribution in [0.15, 0.2) is 24.5 Å². The first-order valence-electron chi connectivity index (χ1n) is 4.60. The molecule has 0 spiro atoms. The Bertz CT molecular complexity index is 503. The SMILES string of the molecule is CC(C)c1ccc(C#N)n2ccnc12. The lowest BCUT2D eigenvalue weighted by Gasteiger charge is -2.07. The summed E-state index contributed by atoms with van der Waals surface area (Å²) in [6.07, 6.45) is 3.54. The van der Waals surface area contributed by atoms with Gasteiger partial charge in [-0.1, -0.05) is 19.9 Å². The Morgan fingerprint density at radius 2 is 2.21 bits per heavy atom. The van der Waals surface area contributed by atoms with E-state index < -0.39 is 0 Å². The van der Waals surface area contributed by atoms with Crippen LogP contribution in [0.1, 0.15) is 31.0 Å². The van der Waals surface area contributed by atoms with E-state index in [9.17, 15) is 0 Å². The number of hydrogen-bond acceptors (Lipinski definition) is 2. The average molecular weight is 185 g/mol. The van der Waals surface area contributed by atoms with E-state index in [2.05, 4.69) is 24.9 Å². The van der Waals surface area contributed by atoms with Crippen LogP contribution in [0.25, 0.3) is 5.65 Å². The van der Waals surface area contributed by atoms with E-state index in [4.69, 9.17) is 5.26 Å². The highest BCUT2D eigenvalue weighted by atomic mass is 15.0. The maximum atomic E-state index is 8.88. The van der Waals surface area contributed by atoms with Gasteiger partial charge in [0.25, 0.3) is 0 Å². The Labute approximate surface area is 82.6 Å². The van der Waals surface area contributed by atoms with E-state index in [1.165, 1.54) is 5.56 Å².